The minimum atomic E-state index is -1.04. The molecule has 1 N–H and O–H groups in total. The molecule has 10 heteroatoms. The normalized spacial score (nSPS) is 16.8. The summed E-state index contributed by atoms with van der Waals surface area (Å²) in [5.41, 5.74) is 1.15. The van der Waals surface area contributed by atoms with Crippen LogP contribution in [0.25, 0.3) is 16.0 Å². The smallest absolute Gasteiger partial charge is 0.301 e. The molecule has 5 rings (SSSR count). The summed E-state index contributed by atoms with van der Waals surface area (Å²) in [5, 5.41) is 12.0. The quantitative estimate of drug-likeness (QED) is 0.160. The number of carbonyl (C=O) groups is 2. The van der Waals surface area contributed by atoms with Crippen LogP contribution in [-0.4, -0.2) is 35.0 Å². The number of Topliss-reactive ketones (excluding diaryl/α,β-unsaturated/α-hetero) is 1. The van der Waals surface area contributed by atoms with Gasteiger partial charge in [-0.2, -0.15) is 0 Å². The molecule has 4 aromatic rings. The fourth-order valence-electron chi connectivity index (χ4n) is 4.34. The molecule has 7 nitrogen and oxygen atoms in total. The van der Waals surface area contributed by atoms with E-state index < -0.39 is 29.3 Å². The fourth-order valence-corrected chi connectivity index (χ4v) is 5.60. The van der Waals surface area contributed by atoms with Crippen molar-refractivity contribution < 1.29 is 28.6 Å². The summed E-state index contributed by atoms with van der Waals surface area (Å²) in [4.78, 5) is 32.7. The first-order chi connectivity index (χ1) is 18.3. The highest BCUT2D eigenvalue weighted by Crippen LogP contribution is 2.46. The highest BCUT2D eigenvalue weighted by atomic mass is 35.5. The highest BCUT2D eigenvalue weighted by Gasteiger charge is 2.48. The van der Waals surface area contributed by atoms with Crippen molar-refractivity contribution >= 4 is 55.7 Å². The largest absolute Gasteiger partial charge is 0.507 e. The monoisotopic (exact) mass is 552 g/mol. The fraction of sp³-hybridized carbons (Fsp3) is 0.179. The van der Waals surface area contributed by atoms with E-state index in [2.05, 4.69) is 4.98 Å². The lowest BCUT2D eigenvalue weighted by Gasteiger charge is -2.24. The van der Waals surface area contributed by atoms with Crippen molar-refractivity contribution in [3.8, 4) is 11.5 Å². The molecule has 0 spiro atoms. The number of aliphatic hydroxyl groups excluding tert-OH is 1. The van der Waals surface area contributed by atoms with Gasteiger partial charge in [0.05, 0.1) is 35.0 Å². The third-order valence-corrected chi connectivity index (χ3v) is 7.24. The van der Waals surface area contributed by atoms with Gasteiger partial charge in [0.15, 0.2) is 16.6 Å². The average Bonchev–Trinajstić information content (AvgIpc) is 3.43. The van der Waals surface area contributed by atoms with Crippen LogP contribution in [0.4, 0.5) is 9.52 Å². The van der Waals surface area contributed by atoms with Crippen LogP contribution in [0.3, 0.4) is 0 Å². The first-order valence-corrected chi connectivity index (χ1v) is 13.0. The van der Waals surface area contributed by atoms with Crippen molar-refractivity contribution in [3.63, 3.8) is 0 Å². The summed E-state index contributed by atoms with van der Waals surface area (Å²) >= 11 is 7.34. The molecule has 0 saturated carbocycles. The van der Waals surface area contributed by atoms with Gasteiger partial charge in [0.1, 0.15) is 11.6 Å². The summed E-state index contributed by atoms with van der Waals surface area (Å²) in [6.07, 6.45) is 0. The molecule has 0 radical (unpaired) electrons. The molecule has 0 aliphatic carbocycles. The number of aliphatic hydroxyl groups is 1. The number of ether oxygens (including phenoxy) is 2. The second-order valence-corrected chi connectivity index (χ2v) is 9.80. The van der Waals surface area contributed by atoms with Crippen LogP contribution in [0.2, 0.25) is 5.02 Å². The Hall–Kier alpha value is -3.95. The van der Waals surface area contributed by atoms with Gasteiger partial charge in [-0.05, 0) is 74.0 Å². The van der Waals surface area contributed by atoms with Crippen molar-refractivity contribution in [2.75, 3.05) is 18.1 Å². The molecule has 1 amide bonds. The van der Waals surface area contributed by atoms with Crippen molar-refractivity contribution in [2.45, 2.75) is 19.9 Å². The summed E-state index contributed by atoms with van der Waals surface area (Å²) in [6.45, 7) is 4.45. The summed E-state index contributed by atoms with van der Waals surface area (Å²) in [5.74, 6) is -1.73. The Labute approximate surface area is 226 Å². The zero-order valence-electron chi connectivity index (χ0n) is 20.4. The molecule has 1 unspecified atom stereocenters. The Balaban J connectivity index is 1.73. The molecular formula is C28H22ClFN2O5S. The molecule has 194 valence electrons. The number of fused-ring (bicyclic) bond motifs is 1. The van der Waals surface area contributed by atoms with E-state index in [1.807, 2.05) is 13.8 Å². The Morgan fingerprint density at radius 2 is 1.74 bits per heavy atom. The molecule has 1 aliphatic rings. The molecule has 0 bridgehead atoms. The van der Waals surface area contributed by atoms with E-state index in [9.17, 15) is 19.1 Å². The Morgan fingerprint density at radius 3 is 2.45 bits per heavy atom. The standard InChI is InChI=1S/C28H22ClFN2O5S/c1-3-36-20-12-7-16(13-21(20)37-4-2)24-23(25(33)15-5-9-18(30)10-6-15)26(34)27(35)32(24)28-31-19-11-8-17(29)14-22(19)38-28/h5-14,24,33H,3-4H2,1-2H3/b25-23+. The van der Waals surface area contributed by atoms with Crippen LogP contribution in [0.1, 0.15) is 31.0 Å². The van der Waals surface area contributed by atoms with Crippen LogP contribution in [-0.2, 0) is 9.59 Å². The topological polar surface area (TPSA) is 89.0 Å². The van der Waals surface area contributed by atoms with E-state index in [0.717, 1.165) is 4.70 Å². The molecule has 2 heterocycles. The predicted octanol–water partition coefficient (Wildman–Crippen LogP) is 6.51. The minimum absolute atomic E-state index is 0.148. The first-order valence-electron chi connectivity index (χ1n) is 11.8. The number of hydrogen-bond acceptors (Lipinski definition) is 7. The lowest BCUT2D eigenvalue weighted by atomic mass is 9.95. The van der Waals surface area contributed by atoms with E-state index in [1.54, 1.807) is 36.4 Å². The first kappa shape index (κ1) is 25.7. The Kier molecular flexibility index (Phi) is 7.05. The molecular weight excluding hydrogens is 531 g/mol. The van der Waals surface area contributed by atoms with Crippen molar-refractivity contribution in [1.82, 2.24) is 4.98 Å². The Morgan fingerprint density at radius 1 is 1.03 bits per heavy atom. The number of thiazole rings is 1. The Bertz CT molecular complexity index is 1580. The van der Waals surface area contributed by atoms with Gasteiger partial charge in [-0.15, -0.1) is 0 Å². The van der Waals surface area contributed by atoms with Crippen LogP contribution < -0.4 is 14.4 Å². The maximum absolute atomic E-state index is 13.6. The molecule has 1 aromatic heterocycles. The third kappa shape index (κ3) is 4.59. The number of rotatable bonds is 7. The zero-order chi connectivity index (χ0) is 27.0. The van der Waals surface area contributed by atoms with Gasteiger partial charge in [0.25, 0.3) is 5.78 Å². The van der Waals surface area contributed by atoms with Gasteiger partial charge in [-0.3, -0.25) is 14.5 Å². The molecule has 1 aliphatic heterocycles. The van der Waals surface area contributed by atoms with E-state index in [1.165, 1.54) is 40.5 Å². The van der Waals surface area contributed by atoms with Gasteiger partial charge in [0.2, 0.25) is 0 Å². The number of halogens is 2. The highest BCUT2D eigenvalue weighted by molar-refractivity contribution is 7.22. The van der Waals surface area contributed by atoms with Crippen LogP contribution in [0.15, 0.2) is 66.2 Å². The van der Waals surface area contributed by atoms with Gasteiger partial charge in [0, 0.05) is 10.6 Å². The molecule has 38 heavy (non-hydrogen) atoms. The number of amides is 1. The van der Waals surface area contributed by atoms with Gasteiger partial charge in [-0.1, -0.05) is 29.0 Å². The number of anilines is 1. The lowest BCUT2D eigenvalue weighted by Crippen LogP contribution is -2.29. The number of nitrogens with zero attached hydrogens (tertiary/aromatic N) is 2. The predicted molar refractivity (Wildman–Crippen MR) is 145 cm³/mol. The van der Waals surface area contributed by atoms with Crippen molar-refractivity contribution in [1.29, 1.82) is 0 Å². The number of carbonyl (C=O) groups excluding carboxylic acids is 2. The number of benzene rings is 3. The van der Waals surface area contributed by atoms with Crippen molar-refractivity contribution in [3.05, 3.63) is 88.2 Å². The lowest BCUT2D eigenvalue weighted by molar-refractivity contribution is -0.132. The zero-order valence-corrected chi connectivity index (χ0v) is 22.0. The van der Waals surface area contributed by atoms with E-state index >= 15 is 0 Å². The summed E-state index contributed by atoms with van der Waals surface area (Å²) in [6, 6.07) is 14.2. The number of ketones is 1. The second-order valence-electron chi connectivity index (χ2n) is 8.36. The van der Waals surface area contributed by atoms with Crippen LogP contribution >= 0.6 is 22.9 Å². The van der Waals surface area contributed by atoms with E-state index in [4.69, 9.17) is 21.1 Å². The average molecular weight is 553 g/mol. The maximum atomic E-state index is 13.6. The summed E-state index contributed by atoms with van der Waals surface area (Å²) in [7, 11) is 0. The van der Waals surface area contributed by atoms with Gasteiger partial charge >= 0.3 is 5.91 Å². The third-order valence-electron chi connectivity index (χ3n) is 5.99. The van der Waals surface area contributed by atoms with Crippen LogP contribution in [0.5, 0.6) is 11.5 Å². The maximum Gasteiger partial charge on any atom is 0.301 e. The summed E-state index contributed by atoms with van der Waals surface area (Å²) < 4.78 is 25.8. The second kappa shape index (κ2) is 10.4. The molecule has 1 saturated heterocycles. The SMILES string of the molecule is CCOc1ccc(C2/C(=C(\O)c3ccc(F)cc3)C(=O)C(=O)N2c2nc3ccc(Cl)cc3s2)cc1OCC. The number of hydrogen-bond donors (Lipinski definition) is 1. The van der Waals surface area contributed by atoms with E-state index in [-0.39, 0.29) is 16.3 Å². The van der Waals surface area contributed by atoms with Crippen molar-refractivity contribution in [2.24, 2.45) is 0 Å². The molecule has 1 fully saturated rings. The number of aromatic nitrogens is 1. The minimum Gasteiger partial charge on any atom is -0.507 e. The molecule has 3 aromatic carbocycles. The van der Waals surface area contributed by atoms with Crippen LogP contribution in [0, 0.1) is 5.82 Å². The molecule has 1 atom stereocenters. The van der Waals surface area contributed by atoms with Gasteiger partial charge < -0.3 is 14.6 Å². The van der Waals surface area contributed by atoms with E-state index in [0.29, 0.717) is 40.8 Å². The van der Waals surface area contributed by atoms with Gasteiger partial charge in [-0.25, -0.2) is 9.37 Å².